The Hall–Kier alpha value is -1.74. The topological polar surface area (TPSA) is 0 Å². The van der Waals surface area contributed by atoms with Crippen molar-refractivity contribution in [2.45, 2.75) is 32.6 Å². The van der Waals surface area contributed by atoms with Crippen molar-refractivity contribution in [3.8, 4) is 11.8 Å². The van der Waals surface area contributed by atoms with Crippen LogP contribution in [0.4, 0.5) is 0 Å². The lowest BCUT2D eigenvalue weighted by molar-refractivity contribution is 1.01. The molecule has 1 aliphatic rings. The first-order valence-corrected chi connectivity index (χ1v) is 6.38. The van der Waals surface area contributed by atoms with E-state index < -0.39 is 0 Å². The third-order valence-electron chi connectivity index (χ3n) is 3.56. The van der Waals surface area contributed by atoms with E-state index >= 15 is 0 Å². The minimum atomic E-state index is 0.910. The molecule has 0 aromatic heterocycles. The highest BCUT2D eigenvalue weighted by molar-refractivity contribution is 5.91. The lowest BCUT2D eigenvalue weighted by Gasteiger charge is -2.06. The lowest BCUT2D eigenvalue weighted by atomic mass is 9.98. The van der Waals surface area contributed by atoms with Crippen molar-refractivity contribution in [1.29, 1.82) is 0 Å². The van der Waals surface area contributed by atoms with Gasteiger partial charge in [0.15, 0.2) is 0 Å². The van der Waals surface area contributed by atoms with Crippen LogP contribution < -0.4 is 0 Å². The highest BCUT2D eigenvalue weighted by atomic mass is 14.2. The van der Waals surface area contributed by atoms with Gasteiger partial charge in [-0.15, -0.1) is 5.92 Å². The van der Waals surface area contributed by atoms with Gasteiger partial charge in [0.1, 0.15) is 0 Å². The van der Waals surface area contributed by atoms with Crippen LogP contribution in [0.1, 0.15) is 30.0 Å². The molecule has 0 unspecified atom stereocenters. The van der Waals surface area contributed by atoms with Gasteiger partial charge in [-0.1, -0.05) is 43.2 Å². The van der Waals surface area contributed by atoms with E-state index in [0.29, 0.717) is 0 Å². The van der Waals surface area contributed by atoms with Crippen LogP contribution in [0.15, 0.2) is 30.3 Å². The first kappa shape index (κ1) is 10.4. The van der Waals surface area contributed by atoms with Gasteiger partial charge in [-0.2, -0.15) is 0 Å². The van der Waals surface area contributed by atoms with Gasteiger partial charge in [-0.05, 0) is 40.3 Å². The fourth-order valence-electron chi connectivity index (χ4n) is 2.78. The van der Waals surface area contributed by atoms with Gasteiger partial charge in [0.05, 0.1) is 0 Å². The molecule has 0 nitrogen and oxygen atoms in total. The van der Waals surface area contributed by atoms with Gasteiger partial charge in [-0.25, -0.2) is 0 Å². The van der Waals surface area contributed by atoms with Crippen molar-refractivity contribution in [3.63, 3.8) is 0 Å². The molecule has 0 aliphatic heterocycles. The molecule has 0 heteroatoms. The van der Waals surface area contributed by atoms with E-state index in [9.17, 15) is 0 Å². The fourth-order valence-corrected chi connectivity index (χ4v) is 2.78. The van der Waals surface area contributed by atoms with E-state index in [1.807, 2.05) is 0 Å². The van der Waals surface area contributed by atoms with Crippen LogP contribution in [0.3, 0.4) is 0 Å². The number of hydrogen-bond donors (Lipinski definition) is 0. The summed E-state index contributed by atoms with van der Waals surface area (Å²) in [5, 5.41) is 2.89. The summed E-state index contributed by atoms with van der Waals surface area (Å²) in [6.45, 7) is 2.10. The molecule has 0 atom stereocenters. The molecule has 1 aliphatic carbocycles. The largest absolute Gasteiger partial charge is 0.103 e. The van der Waals surface area contributed by atoms with Crippen LogP contribution in [0.25, 0.3) is 10.8 Å². The molecule has 0 saturated heterocycles. The number of rotatable bonds is 1. The first-order chi connectivity index (χ1) is 8.40. The molecule has 0 fully saturated rings. The van der Waals surface area contributed by atoms with E-state index in [0.717, 1.165) is 12.8 Å². The summed E-state index contributed by atoms with van der Waals surface area (Å²) in [5.41, 5.74) is 4.50. The molecule has 0 N–H and O–H groups in total. The molecule has 2 aromatic rings. The van der Waals surface area contributed by atoms with Crippen LogP contribution in [0.5, 0.6) is 0 Å². The van der Waals surface area contributed by atoms with Crippen LogP contribution >= 0.6 is 0 Å². The molecule has 0 heterocycles. The van der Waals surface area contributed by atoms with Gasteiger partial charge in [-0.3, -0.25) is 0 Å². The maximum absolute atomic E-state index is 3.26. The van der Waals surface area contributed by atoms with Crippen molar-refractivity contribution in [2.75, 3.05) is 0 Å². The van der Waals surface area contributed by atoms with Crippen molar-refractivity contribution in [1.82, 2.24) is 0 Å². The van der Waals surface area contributed by atoms with Crippen molar-refractivity contribution < 1.29 is 0 Å². The smallest absolute Gasteiger partial charge is 0.0343 e. The maximum atomic E-state index is 3.26. The Bertz CT molecular complexity index is 624. The minimum absolute atomic E-state index is 0.910. The number of benzene rings is 2. The first-order valence-electron chi connectivity index (χ1n) is 6.38. The second-order valence-electron chi connectivity index (χ2n) is 4.60. The normalized spacial score (nSPS) is 12.5. The van der Waals surface area contributed by atoms with Crippen LogP contribution in [0, 0.1) is 11.8 Å². The van der Waals surface area contributed by atoms with E-state index in [2.05, 4.69) is 49.1 Å². The summed E-state index contributed by atoms with van der Waals surface area (Å²) in [7, 11) is 0. The van der Waals surface area contributed by atoms with E-state index in [1.54, 1.807) is 5.56 Å². The Labute approximate surface area is 103 Å². The quantitative estimate of drug-likeness (QED) is 0.639. The van der Waals surface area contributed by atoms with Crippen LogP contribution in [-0.4, -0.2) is 0 Å². The minimum Gasteiger partial charge on any atom is -0.103 e. The van der Waals surface area contributed by atoms with Crippen molar-refractivity contribution in [2.24, 2.45) is 0 Å². The van der Waals surface area contributed by atoms with Gasteiger partial charge in [0.25, 0.3) is 0 Å². The zero-order valence-electron chi connectivity index (χ0n) is 10.2. The molecular formula is C17H16. The molecule has 0 bridgehead atoms. The summed E-state index contributed by atoms with van der Waals surface area (Å²) in [6.07, 6.45) is 4.26. The Morgan fingerprint density at radius 3 is 2.88 bits per heavy atom. The highest BCUT2D eigenvalue weighted by Crippen LogP contribution is 2.33. The zero-order chi connectivity index (χ0) is 11.7. The van der Waals surface area contributed by atoms with E-state index in [4.69, 9.17) is 0 Å². The van der Waals surface area contributed by atoms with Gasteiger partial charge >= 0.3 is 0 Å². The summed E-state index contributed by atoms with van der Waals surface area (Å²) >= 11 is 0. The van der Waals surface area contributed by atoms with Crippen LogP contribution in [0.2, 0.25) is 0 Å². The summed E-state index contributed by atoms with van der Waals surface area (Å²) in [6, 6.07) is 11.2. The Morgan fingerprint density at radius 2 is 2.00 bits per heavy atom. The average molecular weight is 220 g/mol. The van der Waals surface area contributed by atoms with Crippen molar-refractivity contribution >= 4 is 10.8 Å². The predicted molar refractivity (Wildman–Crippen MR) is 73.1 cm³/mol. The van der Waals surface area contributed by atoms with Gasteiger partial charge < -0.3 is 0 Å². The van der Waals surface area contributed by atoms with Crippen LogP contribution in [-0.2, 0) is 19.3 Å². The predicted octanol–water partition coefficient (Wildman–Crippen LogP) is 3.89. The summed E-state index contributed by atoms with van der Waals surface area (Å²) in [4.78, 5) is 0. The van der Waals surface area contributed by atoms with E-state index in [-0.39, 0.29) is 0 Å². The molecule has 0 saturated carbocycles. The zero-order valence-corrected chi connectivity index (χ0v) is 10.2. The molecule has 0 spiro atoms. The summed E-state index contributed by atoms with van der Waals surface area (Å²) < 4.78 is 0. The molecule has 0 amide bonds. The molecule has 0 radical (unpaired) electrons. The Balaban J connectivity index is 2.12. The molecule has 84 valence electrons. The van der Waals surface area contributed by atoms with E-state index in [1.165, 1.54) is 34.7 Å². The standard InChI is InChI=1S/C17H16/c1-2-3-4-6-13-9-10-14-7-5-8-15-11-12-16(13)17(14)15/h5,7-10H,2,6,11-12H2,1H3. The molecule has 2 aromatic carbocycles. The SMILES string of the molecule is CCC#CCc1ccc2cccc3c2c1CC3. The lowest BCUT2D eigenvalue weighted by Crippen LogP contribution is -1.90. The second-order valence-corrected chi connectivity index (χ2v) is 4.60. The highest BCUT2D eigenvalue weighted by Gasteiger charge is 2.16. The Morgan fingerprint density at radius 1 is 1.06 bits per heavy atom. The molecular weight excluding hydrogens is 204 g/mol. The maximum Gasteiger partial charge on any atom is 0.0343 e. The molecule has 17 heavy (non-hydrogen) atoms. The third-order valence-corrected chi connectivity index (χ3v) is 3.56. The monoisotopic (exact) mass is 220 g/mol. The number of aryl methyl sites for hydroxylation is 2. The Kier molecular flexibility index (Phi) is 2.61. The second kappa shape index (κ2) is 4.26. The molecule has 3 rings (SSSR count). The summed E-state index contributed by atoms with van der Waals surface area (Å²) in [5.74, 6) is 6.43. The number of hydrogen-bond acceptors (Lipinski definition) is 0. The average Bonchev–Trinajstić information content (AvgIpc) is 2.79. The van der Waals surface area contributed by atoms with Gasteiger partial charge in [0.2, 0.25) is 0 Å². The fraction of sp³-hybridized carbons (Fsp3) is 0.294. The third kappa shape index (κ3) is 1.72. The van der Waals surface area contributed by atoms with Gasteiger partial charge in [0, 0.05) is 12.8 Å². The van der Waals surface area contributed by atoms with Crippen molar-refractivity contribution in [3.05, 3.63) is 47.0 Å².